The number of nitrogens with two attached hydrogens (primary N) is 1. The minimum atomic E-state index is -3.45. The Morgan fingerprint density at radius 2 is 1.80 bits per heavy atom. The predicted molar refractivity (Wildman–Crippen MR) is 81.0 cm³/mol. The van der Waals surface area contributed by atoms with E-state index in [1.807, 2.05) is 19.9 Å². The molecule has 0 spiro atoms. The predicted octanol–water partition coefficient (Wildman–Crippen LogP) is 2.37. The van der Waals surface area contributed by atoms with E-state index in [-0.39, 0.29) is 6.04 Å². The molecule has 1 aromatic carbocycles. The molecule has 0 amide bonds. The summed E-state index contributed by atoms with van der Waals surface area (Å²) >= 11 is 0. The highest BCUT2D eigenvalue weighted by atomic mass is 32.2. The van der Waals surface area contributed by atoms with Crippen LogP contribution in [0.15, 0.2) is 17.0 Å². The SMILES string of the molecule is Cc1cc(C)c(S(=O)(=O)NC2CCCCC2)cc1CN. The normalized spacial score (nSPS) is 17.4. The number of benzene rings is 1. The molecule has 3 N–H and O–H groups in total. The van der Waals surface area contributed by atoms with Crippen LogP contribution in [0.2, 0.25) is 0 Å². The highest BCUT2D eigenvalue weighted by Crippen LogP contribution is 2.23. The van der Waals surface area contributed by atoms with Gasteiger partial charge in [0, 0.05) is 12.6 Å². The molecule has 1 fully saturated rings. The standard InChI is InChI=1S/C15H24N2O2S/c1-11-8-12(2)15(9-13(11)10-16)20(18,19)17-14-6-4-3-5-7-14/h8-9,14,17H,3-7,10,16H2,1-2H3. The third kappa shape index (κ3) is 3.40. The number of sulfonamides is 1. The zero-order valence-electron chi connectivity index (χ0n) is 12.3. The number of rotatable bonds is 4. The molecule has 0 unspecified atom stereocenters. The van der Waals surface area contributed by atoms with Gasteiger partial charge in [-0.2, -0.15) is 0 Å². The van der Waals surface area contributed by atoms with Crippen LogP contribution in [0.25, 0.3) is 0 Å². The van der Waals surface area contributed by atoms with Crippen LogP contribution in [0.4, 0.5) is 0 Å². The zero-order valence-corrected chi connectivity index (χ0v) is 13.1. The Morgan fingerprint density at radius 3 is 2.40 bits per heavy atom. The van der Waals surface area contributed by atoms with Crippen LogP contribution >= 0.6 is 0 Å². The molecule has 0 saturated heterocycles. The second-order valence-corrected chi connectivity index (χ2v) is 7.39. The number of nitrogens with one attached hydrogen (secondary N) is 1. The second-order valence-electron chi connectivity index (χ2n) is 5.70. The summed E-state index contributed by atoms with van der Waals surface area (Å²) in [6, 6.07) is 3.70. The zero-order chi connectivity index (χ0) is 14.8. The molecule has 5 heteroatoms. The van der Waals surface area contributed by atoms with Gasteiger partial charge in [-0.1, -0.05) is 25.3 Å². The van der Waals surface area contributed by atoms with Crippen molar-refractivity contribution in [3.63, 3.8) is 0 Å². The van der Waals surface area contributed by atoms with Crippen molar-refractivity contribution < 1.29 is 8.42 Å². The van der Waals surface area contributed by atoms with Crippen molar-refractivity contribution in [1.82, 2.24) is 4.72 Å². The minimum absolute atomic E-state index is 0.0794. The van der Waals surface area contributed by atoms with Gasteiger partial charge in [-0.3, -0.25) is 0 Å². The van der Waals surface area contributed by atoms with E-state index in [4.69, 9.17) is 5.73 Å². The third-order valence-corrected chi connectivity index (χ3v) is 5.73. The van der Waals surface area contributed by atoms with Gasteiger partial charge < -0.3 is 5.73 Å². The first-order valence-corrected chi connectivity index (χ1v) is 8.75. The summed E-state index contributed by atoms with van der Waals surface area (Å²) in [7, 11) is -3.45. The Hall–Kier alpha value is -0.910. The van der Waals surface area contributed by atoms with Crippen LogP contribution in [0, 0.1) is 13.8 Å². The Bertz CT molecular complexity index is 576. The summed E-state index contributed by atoms with van der Waals surface area (Å²) in [4.78, 5) is 0.370. The number of hydrogen-bond acceptors (Lipinski definition) is 3. The lowest BCUT2D eigenvalue weighted by molar-refractivity contribution is 0.412. The van der Waals surface area contributed by atoms with Gasteiger partial charge in [-0.05, 0) is 49.4 Å². The van der Waals surface area contributed by atoms with Crippen molar-refractivity contribution in [2.24, 2.45) is 5.73 Å². The fourth-order valence-corrected chi connectivity index (χ4v) is 4.47. The molecule has 0 aromatic heterocycles. The fraction of sp³-hybridized carbons (Fsp3) is 0.600. The van der Waals surface area contributed by atoms with Gasteiger partial charge in [0.15, 0.2) is 0 Å². The van der Waals surface area contributed by atoms with Gasteiger partial charge in [0.2, 0.25) is 10.0 Å². The highest BCUT2D eigenvalue weighted by Gasteiger charge is 2.23. The molecule has 0 bridgehead atoms. The molecule has 0 heterocycles. The lowest BCUT2D eigenvalue weighted by Crippen LogP contribution is -2.36. The van der Waals surface area contributed by atoms with E-state index in [1.54, 1.807) is 6.07 Å². The first kappa shape index (κ1) is 15.5. The molecule has 1 aliphatic carbocycles. The summed E-state index contributed by atoms with van der Waals surface area (Å²) in [5.74, 6) is 0. The quantitative estimate of drug-likeness (QED) is 0.896. The van der Waals surface area contributed by atoms with E-state index in [2.05, 4.69) is 4.72 Å². The van der Waals surface area contributed by atoms with Crippen molar-refractivity contribution in [2.45, 2.75) is 63.4 Å². The van der Waals surface area contributed by atoms with Gasteiger partial charge in [0.25, 0.3) is 0 Å². The van der Waals surface area contributed by atoms with Crippen molar-refractivity contribution in [3.8, 4) is 0 Å². The molecule has 0 radical (unpaired) electrons. The molecular weight excluding hydrogens is 272 g/mol. The largest absolute Gasteiger partial charge is 0.326 e. The average Bonchev–Trinajstić information content (AvgIpc) is 2.39. The van der Waals surface area contributed by atoms with E-state index in [1.165, 1.54) is 6.42 Å². The van der Waals surface area contributed by atoms with Crippen LogP contribution in [-0.2, 0) is 16.6 Å². The Kier molecular flexibility index (Phi) is 4.83. The van der Waals surface area contributed by atoms with Gasteiger partial charge in [0.05, 0.1) is 4.90 Å². The number of aryl methyl sites for hydroxylation is 2. The second kappa shape index (κ2) is 6.24. The first-order chi connectivity index (χ1) is 9.44. The van der Waals surface area contributed by atoms with Crippen molar-refractivity contribution >= 4 is 10.0 Å². The Morgan fingerprint density at radius 1 is 1.15 bits per heavy atom. The van der Waals surface area contributed by atoms with Crippen molar-refractivity contribution in [2.75, 3.05) is 0 Å². The number of hydrogen-bond donors (Lipinski definition) is 2. The molecule has 0 atom stereocenters. The van der Waals surface area contributed by atoms with Crippen LogP contribution in [-0.4, -0.2) is 14.5 Å². The molecule has 1 aromatic rings. The van der Waals surface area contributed by atoms with E-state index in [9.17, 15) is 8.42 Å². The average molecular weight is 296 g/mol. The van der Waals surface area contributed by atoms with Crippen LogP contribution < -0.4 is 10.5 Å². The minimum Gasteiger partial charge on any atom is -0.326 e. The fourth-order valence-electron chi connectivity index (χ4n) is 2.89. The summed E-state index contributed by atoms with van der Waals surface area (Å²) in [6.07, 6.45) is 5.29. The maximum absolute atomic E-state index is 12.5. The van der Waals surface area contributed by atoms with Gasteiger partial charge in [-0.15, -0.1) is 0 Å². The smallest absolute Gasteiger partial charge is 0.241 e. The molecular formula is C15H24N2O2S. The summed E-state index contributed by atoms with van der Waals surface area (Å²) < 4.78 is 28.0. The van der Waals surface area contributed by atoms with E-state index < -0.39 is 10.0 Å². The van der Waals surface area contributed by atoms with E-state index in [0.29, 0.717) is 11.4 Å². The lowest BCUT2D eigenvalue weighted by Gasteiger charge is -2.23. The van der Waals surface area contributed by atoms with Crippen molar-refractivity contribution in [1.29, 1.82) is 0 Å². The molecule has 4 nitrogen and oxygen atoms in total. The first-order valence-electron chi connectivity index (χ1n) is 7.26. The van der Waals surface area contributed by atoms with E-state index >= 15 is 0 Å². The van der Waals surface area contributed by atoms with Crippen LogP contribution in [0.1, 0.15) is 48.8 Å². The van der Waals surface area contributed by atoms with Crippen LogP contribution in [0.3, 0.4) is 0 Å². The van der Waals surface area contributed by atoms with Gasteiger partial charge in [0.1, 0.15) is 0 Å². The van der Waals surface area contributed by atoms with E-state index in [0.717, 1.165) is 42.4 Å². The topological polar surface area (TPSA) is 72.2 Å². The molecule has 1 saturated carbocycles. The highest BCUT2D eigenvalue weighted by molar-refractivity contribution is 7.89. The van der Waals surface area contributed by atoms with Gasteiger partial charge in [-0.25, -0.2) is 13.1 Å². The Labute approximate surface area is 121 Å². The molecule has 2 rings (SSSR count). The maximum atomic E-state index is 12.5. The van der Waals surface area contributed by atoms with Crippen molar-refractivity contribution in [3.05, 3.63) is 28.8 Å². The summed E-state index contributed by atoms with van der Waals surface area (Å²) in [5.41, 5.74) is 8.39. The molecule has 0 aliphatic heterocycles. The Balaban J connectivity index is 2.28. The summed E-state index contributed by atoms with van der Waals surface area (Å²) in [6.45, 7) is 4.15. The lowest BCUT2D eigenvalue weighted by atomic mass is 9.96. The van der Waals surface area contributed by atoms with Crippen LogP contribution in [0.5, 0.6) is 0 Å². The third-order valence-electron chi connectivity index (χ3n) is 4.07. The monoisotopic (exact) mass is 296 g/mol. The maximum Gasteiger partial charge on any atom is 0.241 e. The molecule has 112 valence electrons. The molecule has 1 aliphatic rings. The summed E-state index contributed by atoms with van der Waals surface area (Å²) in [5, 5.41) is 0. The molecule has 20 heavy (non-hydrogen) atoms. The van der Waals surface area contributed by atoms with Gasteiger partial charge >= 0.3 is 0 Å².